The van der Waals surface area contributed by atoms with E-state index < -0.39 is 46.5 Å². The van der Waals surface area contributed by atoms with Crippen molar-refractivity contribution in [1.29, 1.82) is 0 Å². The number of rotatable bonds is 6. The van der Waals surface area contributed by atoms with Crippen molar-refractivity contribution in [1.82, 2.24) is 18.9 Å². The van der Waals surface area contributed by atoms with Gasteiger partial charge in [0.2, 0.25) is 0 Å². The van der Waals surface area contributed by atoms with Gasteiger partial charge in [-0.05, 0) is 36.6 Å². The predicted octanol–water partition coefficient (Wildman–Crippen LogP) is 3.00. The maximum atomic E-state index is 15.2. The number of phenolic OH excluding ortho intramolecular Hbond substituents is 1. The minimum absolute atomic E-state index is 0.0694. The molecular weight excluding hydrogens is 590 g/mol. The van der Waals surface area contributed by atoms with E-state index >= 15 is 4.79 Å². The number of carbonyl (C=O) groups excluding carboxylic acids is 2. The quantitative estimate of drug-likeness (QED) is 0.247. The van der Waals surface area contributed by atoms with Gasteiger partial charge in [-0.3, -0.25) is 15.0 Å². The van der Waals surface area contributed by atoms with Crippen LogP contribution in [0.5, 0.6) is 17.2 Å². The Morgan fingerprint density at radius 1 is 0.913 bits per heavy atom. The van der Waals surface area contributed by atoms with E-state index in [2.05, 4.69) is 5.43 Å². The molecule has 4 aromatic rings. The molecule has 46 heavy (non-hydrogen) atoms. The maximum Gasteiger partial charge on any atom is 0.347 e. The van der Waals surface area contributed by atoms with E-state index in [1.165, 1.54) is 42.8 Å². The summed E-state index contributed by atoms with van der Waals surface area (Å²) in [6.07, 6.45) is 1.93. The van der Waals surface area contributed by atoms with Crippen LogP contribution in [0.4, 0.5) is 5.69 Å². The van der Waals surface area contributed by atoms with Crippen molar-refractivity contribution in [2.45, 2.75) is 37.3 Å². The lowest BCUT2D eigenvalue weighted by Gasteiger charge is -2.49. The highest BCUT2D eigenvalue weighted by atomic mass is 16.5. The van der Waals surface area contributed by atoms with Crippen molar-refractivity contribution in [3.63, 3.8) is 0 Å². The molecule has 1 saturated heterocycles. The Hall–Kier alpha value is -5.52. The lowest BCUT2D eigenvalue weighted by Crippen LogP contribution is -2.53. The van der Waals surface area contributed by atoms with Crippen LogP contribution in [0.3, 0.4) is 0 Å². The summed E-state index contributed by atoms with van der Waals surface area (Å²) in [5.41, 5.74) is 3.79. The lowest BCUT2D eigenvalue weighted by molar-refractivity contribution is -0.138. The third-order valence-corrected chi connectivity index (χ3v) is 9.66. The van der Waals surface area contributed by atoms with Gasteiger partial charge in [-0.1, -0.05) is 54.1 Å². The summed E-state index contributed by atoms with van der Waals surface area (Å²) in [5.74, 6) is -2.49. The molecule has 2 aliphatic heterocycles. The molecule has 3 aliphatic rings. The Morgan fingerprint density at radius 3 is 2.20 bits per heavy atom. The van der Waals surface area contributed by atoms with Crippen LogP contribution in [0.1, 0.15) is 35.1 Å². The number of carbonyl (C=O) groups is 2. The first-order valence-electron chi connectivity index (χ1n) is 14.9. The smallest absolute Gasteiger partial charge is 0.347 e. The summed E-state index contributed by atoms with van der Waals surface area (Å²) in [4.78, 5) is 56.5. The van der Waals surface area contributed by atoms with Crippen molar-refractivity contribution in [3.8, 4) is 17.2 Å². The predicted molar refractivity (Wildman–Crippen MR) is 168 cm³/mol. The number of fused-ring (bicyclic) bond motifs is 4. The average Bonchev–Trinajstić information content (AvgIpc) is 3.42. The first-order valence-corrected chi connectivity index (χ1v) is 14.9. The average molecular weight is 624 g/mol. The number of hydrogen-bond acceptors (Lipinski definition) is 8. The first kappa shape index (κ1) is 29.2. The van der Waals surface area contributed by atoms with Crippen molar-refractivity contribution in [2.24, 2.45) is 13.0 Å². The van der Waals surface area contributed by atoms with E-state index in [1.807, 2.05) is 55.5 Å². The number of aromatic nitrogens is 3. The van der Waals surface area contributed by atoms with E-state index in [0.717, 1.165) is 15.1 Å². The lowest BCUT2D eigenvalue weighted by atomic mass is 9.53. The normalized spacial score (nSPS) is 23.3. The van der Waals surface area contributed by atoms with E-state index in [0.29, 0.717) is 22.4 Å². The standard InChI is InChI=1S/C34H33N5O7/c1-19-10-12-21(13-11-19)35-38-30(41)24-18-25-23(14-15-37-32(43)36(2)33(44)39(25)37)29(28-26(45-3)16-22(40)17-27(28)46-4)34(24,31(38)42)20-8-6-5-7-9-20/h5-14,16-17,24-25,29,35,40H,15,18H2,1-4H3/t24-,25+,29+,34+/m0/s1. The molecular formula is C34H33N5O7. The van der Waals surface area contributed by atoms with Crippen molar-refractivity contribution >= 4 is 17.5 Å². The number of benzene rings is 3. The molecule has 1 saturated carbocycles. The SMILES string of the molecule is COc1cc(O)cc(OC)c1[C@H]1C2=CCn3c(=O)n(C)c(=O)n3[C@@H]2C[C@H]2C(=O)N(Nc3ccc(C)cc3)C(=O)[C@@]12c1ccccc1. The molecule has 12 heteroatoms. The summed E-state index contributed by atoms with van der Waals surface area (Å²) in [6.45, 7) is 2.02. The highest BCUT2D eigenvalue weighted by Gasteiger charge is 2.69. The number of methoxy groups -OCH3 is 2. The van der Waals surface area contributed by atoms with Gasteiger partial charge in [0.1, 0.15) is 17.2 Å². The maximum absolute atomic E-state index is 15.2. The van der Waals surface area contributed by atoms with Crippen molar-refractivity contribution in [2.75, 3.05) is 19.6 Å². The van der Waals surface area contributed by atoms with Crippen LogP contribution in [0.15, 0.2) is 88.0 Å². The summed E-state index contributed by atoms with van der Waals surface area (Å²) in [7, 11) is 4.32. The zero-order valence-corrected chi connectivity index (χ0v) is 25.8. The summed E-state index contributed by atoms with van der Waals surface area (Å²) >= 11 is 0. The van der Waals surface area contributed by atoms with Gasteiger partial charge >= 0.3 is 11.4 Å². The zero-order chi connectivity index (χ0) is 32.5. The number of hydrazine groups is 1. The number of hydrogen-bond donors (Lipinski definition) is 2. The molecule has 0 bridgehead atoms. The Labute approximate surface area is 263 Å². The van der Waals surface area contributed by atoms with Gasteiger partial charge in [-0.2, -0.15) is 5.01 Å². The van der Waals surface area contributed by atoms with Crippen LogP contribution < -0.4 is 26.3 Å². The van der Waals surface area contributed by atoms with Crippen LogP contribution in [-0.4, -0.2) is 50.1 Å². The molecule has 236 valence electrons. The minimum Gasteiger partial charge on any atom is -0.508 e. The fourth-order valence-corrected chi connectivity index (χ4v) is 7.64. The highest BCUT2D eigenvalue weighted by molar-refractivity contribution is 6.13. The third kappa shape index (κ3) is 3.92. The van der Waals surface area contributed by atoms with E-state index in [4.69, 9.17) is 9.47 Å². The van der Waals surface area contributed by atoms with Gasteiger partial charge in [-0.25, -0.2) is 23.5 Å². The number of nitrogens with zero attached hydrogens (tertiary/aromatic N) is 4. The zero-order valence-electron chi connectivity index (χ0n) is 25.8. The molecule has 4 atom stereocenters. The second-order valence-corrected chi connectivity index (χ2v) is 11.9. The molecule has 2 fully saturated rings. The van der Waals surface area contributed by atoms with E-state index in [1.54, 1.807) is 12.1 Å². The number of allylic oxidation sites excluding steroid dienone is 2. The number of ether oxygens (including phenoxy) is 2. The Bertz CT molecular complexity index is 2020. The molecule has 0 spiro atoms. The first-order chi connectivity index (χ1) is 22.1. The largest absolute Gasteiger partial charge is 0.508 e. The molecule has 2 amide bonds. The van der Waals surface area contributed by atoms with Crippen LogP contribution in [0.25, 0.3) is 0 Å². The van der Waals surface area contributed by atoms with Crippen LogP contribution >= 0.6 is 0 Å². The molecule has 7 rings (SSSR count). The molecule has 1 aliphatic carbocycles. The number of imide groups is 1. The molecule has 2 N–H and O–H groups in total. The Kier molecular flexibility index (Phi) is 6.69. The number of anilines is 1. The fraction of sp³-hybridized carbons (Fsp3) is 0.294. The van der Waals surface area contributed by atoms with Crippen molar-refractivity contribution in [3.05, 3.63) is 116 Å². The van der Waals surface area contributed by atoms with Gasteiger partial charge in [0.15, 0.2) is 0 Å². The third-order valence-electron chi connectivity index (χ3n) is 9.66. The van der Waals surface area contributed by atoms with Gasteiger partial charge in [-0.15, -0.1) is 0 Å². The monoisotopic (exact) mass is 623 g/mol. The molecule has 3 heterocycles. The molecule has 1 aromatic heterocycles. The topological polar surface area (TPSA) is 137 Å². The fourth-order valence-electron chi connectivity index (χ4n) is 7.64. The minimum atomic E-state index is -1.53. The Morgan fingerprint density at radius 2 is 1.57 bits per heavy atom. The molecule has 0 unspecified atom stereocenters. The Balaban J connectivity index is 1.55. The number of amides is 2. The van der Waals surface area contributed by atoms with Crippen LogP contribution in [0, 0.1) is 12.8 Å². The van der Waals surface area contributed by atoms with Gasteiger partial charge in [0.25, 0.3) is 11.8 Å². The van der Waals surface area contributed by atoms with Gasteiger partial charge in [0, 0.05) is 30.7 Å². The molecule has 0 radical (unpaired) electrons. The van der Waals surface area contributed by atoms with E-state index in [-0.39, 0.29) is 30.2 Å². The summed E-state index contributed by atoms with van der Waals surface area (Å²) in [5, 5.41) is 11.7. The van der Waals surface area contributed by atoms with E-state index in [9.17, 15) is 19.5 Å². The van der Waals surface area contributed by atoms with Crippen molar-refractivity contribution < 1.29 is 24.2 Å². The molecule has 12 nitrogen and oxygen atoms in total. The van der Waals surface area contributed by atoms with Gasteiger partial charge in [0.05, 0.1) is 43.8 Å². The van der Waals surface area contributed by atoms with Gasteiger partial charge < -0.3 is 14.6 Å². The second-order valence-electron chi connectivity index (χ2n) is 11.9. The highest BCUT2D eigenvalue weighted by Crippen LogP contribution is 2.64. The van der Waals surface area contributed by atoms with Crippen LogP contribution in [0.2, 0.25) is 0 Å². The number of aryl methyl sites for hydroxylation is 1. The summed E-state index contributed by atoms with van der Waals surface area (Å²) < 4.78 is 15.4. The molecule has 3 aromatic carbocycles. The summed E-state index contributed by atoms with van der Waals surface area (Å²) in [6, 6.07) is 18.6. The van der Waals surface area contributed by atoms with Crippen LogP contribution in [-0.2, 0) is 28.6 Å². The second kappa shape index (κ2) is 10.5. The number of phenols is 1. The number of nitrogens with one attached hydrogen (secondary N) is 1. The number of aromatic hydroxyl groups is 1.